The Kier molecular flexibility index (Phi) is 7.74. The Bertz CT molecular complexity index is 1220. The lowest BCUT2D eigenvalue weighted by molar-refractivity contribution is -0.170. The first-order valence-corrected chi connectivity index (χ1v) is 12.6. The molecule has 0 saturated carbocycles. The van der Waals surface area contributed by atoms with Crippen LogP contribution >= 0.6 is 22.9 Å². The van der Waals surface area contributed by atoms with Crippen molar-refractivity contribution in [1.82, 2.24) is 15.2 Å². The highest BCUT2D eigenvalue weighted by atomic mass is 35.5. The van der Waals surface area contributed by atoms with E-state index in [1.165, 1.54) is 23.5 Å². The lowest BCUT2D eigenvalue weighted by atomic mass is 9.92. The second-order valence-corrected chi connectivity index (χ2v) is 10.1. The average molecular weight is 537 g/mol. The molecule has 4 rings (SSSR count). The first kappa shape index (κ1) is 26.2. The summed E-state index contributed by atoms with van der Waals surface area (Å²) in [5.41, 5.74) is 0.0170. The van der Waals surface area contributed by atoms with Gasteiger partial charge in [0.25, 0.3) is 0 Å². The molecule has 1 unspecified atom stereocenters. The molecule has 0 bridgehead atoms. The van der Waals surface area contributed by atoms with Crippen molar-refractivity contribution < 1.29 is 28.6 Å². The van der Waals surface area contributed by atoms with Crippen molar-refractivity contribution in [1.29, 1.82) is 0 Å². The molecular formula is C24H26ClFN4O5S. The highest BCUT2D eigenvalue weighted by Gasteiger charge is 2.45. The molecular weight excluding hydrogens is 511 g/mol. The van der Waals surface area contributed by atoms with E-state index in [1.807, 2.05) is 0 Å². The van der Waals surface area contributed by atoms with E-state index < -0.39 is 35.4 Å². The molecule has 0 amide bonds. The minimum atomic E-state index is -1.04. The number of carboxylic acid groups (broad SMARTS) is 1. The van der Waals surface area contributed by atoms with E-state index in [4.69, 9.17) is 26.1 Å². The second kappa shape index (κ2) is 10.6. The van der Waals surface area contributed by atoms with E-state index >= 15 is 0 Å². The van der Waals surface area contributed by atoms with Crippen LogP contribution in [0.3, 0.4) is 0 Å². The predicted octanol–water partition coefficient (Wildman–Crippen LogP) is 3.41. The molecule has 1 aromatic carbocycles. The number of benzene rings is 1. The molecule has 2 aromatic rings. The summed E-state index contributed by atoms with van der Waals surface area (Å²) in [6.07, 6.45) is 1.62. The third kappa shape index (κ3) is 5.29. The number of carbonyl (C=O) groups excluding carboxylic acids is 1. The van der Waals surface area contributed by atoms with Crippen LogP contribution < -0.4 is 5.32 Å². The van der Waals surface area contributed by atoms with Crippen LogP contribution in [0.4, 0.5) is 4.39 Å². The molecule has 192 valence electrons. The van der Waals surface area contributed by atoms with Gasteiger partial charge < -0.3 is 19.9 Å². The molecule has 1 fully saturated rings. The number of aromatic nitrogens is 1. The SMILES string of the molecule is CCOC(=O)C1=C(CN2CCOC(C)(C)[C@H]2C(=O)O)NC(c2nccs2)=NC1c1ccc(F)cc1Cl. The lowest BCUT2D eigenvalue weighted by Gasteiger charge is -2.44. The third-order valence-electron chi connectivity index (χ3n) is 5.98. The van der Waals surface area contributed by atoms with Gasteiger partial charge in [0.05, 0.1) is 24.4 Å². The van der Waals surface area contributed by atoms with Crippen molar-refractivity contribution >= 4 is 40.7 Å². The number of hydrogen-bond acceptors (Lipinski definition) is 9. The molecule has 9 nitrogen and oxygen atoms in total. The first-order chi connectivity index (χ1) is 17.1. The Labute approximate surface area is 216 Å². The van der Waals surface area contributed by atoms with Gasteiger partial charge in [0.2, 0.25) is 0 Å². The molecule has 2 aliphatic rings. The Morgan fingerprint density at radius 3 is 2.83 bits per heavy atom. The lowest BCUT2D eigenvalue weighted by Crippen LogP contribution is -2.61. The normalized spacial score (nSPS) is 22.1. The third-order valence-corrected chi connectivity index (χ3v) is 7.09. The van der Waals surface area contributed by atoms with Gasteiger partial charge in [-0.25, -0.2) is 14.2 Å². The smallest absolute Gasteiger partial charge is 0.338 e. The number of aliphatic imine (C=N–C) groups is 1. The van der Waals surface area contributed by atoms with Gasteiger partial charge in [-0.1, -0.05) is 17.7 Å². The zero-order valence-corrected chi connectivity index (χ0v) is 21.5. The maximum absolute atomic E-state index is 13.8. The van der Waals surface area contributed by atoms with Crippen molar-refractivity contribution in [2.75, 3.05) is 26.3 Å². The summed E-state index contributed by atoms with van der Waals surface area (Å²) in [5, 5.41) is 15.6. The Morgan fingerprint density at radius 2 is 2.19 bits per heavy atom. The van der Waals surface area contributed by atoms with Gasteiger partial charge in [-0.3, -0.25) is 14.7 Å². The maximum atomic E-state index is 13.8. The van der Waals surface area contributed by atoms with Gasteiger partial charge >= 0.3 is 11.9 Å². The van der Waals surface area contributed by atoms with E-state index in [9.17, 15) is 19.1 Å². The van der Waals surface area contributed by atoms with Gasteiger partial charge in [0.1, 0.15) is 17.9 Å². The Balaban J connectivity index is 1.85. The van der Waals surface area contributed by atoms with Gasteiger partial charge in [-0.2, -0.15) is 0 Å². The number of rotatable bonds is 7. The molecule has 0 spiro atoms. The number of halogens is 2. The Morgan fingerprint density at radius 1 is 1.42 bits per heavy atom. The molecule has 3 heterocycles. The summed E-state index contributed by atoms with van der Waals surface area (Å²) in [6, 6.07) is 1.98. The van der Waals surface area contributed by atoms with E-state index in [1.54, 1.807) is 37.2 Å². The van der Waals surface area contributed by atoms with Crippen LogP contribution in [0, 0.1) is 5.82 Å². The van der Waals surface area contributed by atoms with Crippen molar-refractivity contribution in [2.24, 2.45) is 4.99 Å². The highest BCUT2D eigenvalue weighted by Crippen LogP contribution is 2.37. The summed E-state index contributed by atoms with van der Waals surface area (Å²) in [6.45, 7) is 5.95. The fourth-order valence-corrected chi connectivity index (χ4v) is 5.33. The van der Waals surface area contributed by atoms with Crippen LogP contribution in [0.25, 0.3) is 0 Å². The van der Waals surface area contributed by atoms with Crippen LogP contribution in [-0.4, -0.2) is 70.7 Å². The number of carboxylic acids is 1. The van der Waals surface area contributed by atoms with Crippen LogP contribution in [0.2, 0.25) is 5.02 Å². The van der Waals surface area contributed by atoms with E-state index in [0.29, 0.717) is 35.3 Å². The van der Waals surface area contributed by atoms with E-state index in [0.717, 1.165) is 6.07 Å². The molecule has 2 atom stereocenters. The number of nitrogens with zero attached hydrogens (tertiary/aromatic N) is 3. The van der Waals surface area contributed by atoms with Crippen LogP contribution in [0.5, 0.6) is 0 Å². The quantitative estimate of drug-likeness (QED) is 0.518. The highest BCUT2D eigenvalue weighted by molar-refractivity contribution is 7.11. The number of esters is 1. The molecule has 2 N–H and O–H groups in total. The van der Waals surface area contributed by atoms with E-state index in [2.05, 4.69) is 10.3 Å². The largest absolute Gasteiger partial charge is 0.480 e. The second-order valence-electron chi connectivity index (χ2n) is 8.78. The number of ether oxygens (including phenoxy) is 2. The molecule has 36 heavy (non-hydrogen) atoms. The summed E-state index contributed by atoms with van der Waals surface area (Å²) in [4.78, 5) is 36.3. The number of thiazole rings is 1. The standard InChI is InChI=1S/C24H26ClFN4O5S/c1-4-34-23(33)17-16(12-30-8-9-35-24(2,3)19(30)22(31)32)28-20(21-27-7-10-36-21)29-18(17)14-6-5-13(26)11-15(14)25/h5-7,10-11,18-19H,4,8-9,12H2,1-3H3,(H,28,29)(H,31,32)/t18?,19-/m1/s1. The van der Waals surface area contributed by atoms with Crippen LogP contribution in [-0.2, 0) is 19.1 Å². The predicted molar refractivity (Wildman–Crippen MR) is 133 cm³/mol. The first-order valence-electron chi connectivity index (χ1n) is 11.3. The molecule has 1 aromatic heterocycles. The summed E-state index contributed by atoms with van der Waals surface area (Å²) >= 11 is 7.74. The number of morpholine rings is 1. The topological polar surface area (TPSA) is 113 Å². The number of nitrogens with one attached hydrogen (secondary N) is 1. The van der Waals surface area contributed by atoms with Crippen molar-refractivity contribution in [3.8, 4) is 0 Å². The van der Waals surface area contributed by atoms with Crippen LogP contribution in [0.15, 0.2) is 46.0 Å². The molecule has 12 heteroatoms. The number of carbonyl (C=O) groups is 2. The van der Waals surface area contributed by atoms with Crippen molar-refractivity contribution in [3.05, 3.63) is 62.5 Å². The van der Waals surface area contributed by atoms with Gasteiger partial charge in [0.15, 0.2) is 10.8 Å². The molecule has 0 aliphatic carbocycles. The minimum Gasteiger partial charge on any atom is -0.480 e. The molecule has 0 radical (unpaired) electrons. The fourth-order valence-electron chi connectivity index (χ4n) is 4.47. The zero-order chi connectivity index (χ0) is 26.0. The number of hydrogen-bond donors (Lipinski definition) is 2. The zero-order valence-electron chi connectivity index (χ0n) is 20.0. The molecule has 1 saturated heterocycles. The monoisotopic (exact) mass is 536 g/mol. The molecule has 2 aliphatic heterocycles. The Hall–Kier alpha value is -2.86. The number of aliphatic carboxylic acids is 1. The van der Waals surface area contributed by atoms with Gasteiger partial charge in [0, 0.05) is 40.9 Å². The van der Waals surface area contributed by atoms with Gasteiger partial charge in [-0.15, -0.1) is 11.3 Å². The fraction of sp³-hybridized carbons (Fsp3) is 0.417. The summed E-state index contributed by atoms with van der Waals surface area (Å²) in [7, 11) is 0. The average Bonchev–Trinajstić information content (AvgIpc) is 3.33. The van der Waals surface area contributed by atoms with E-state index in [-0.39, 0.29) is 23.7 Å². The number of amidine groups is 1. The minimum absolute atomic E-state index is 0.0671. The van der Waals surface area contributed by atoms with Crippen LogP contribution in [0.1, 0.15) is 37.4 Å². The summed E-state index contributed by atoms with van der Waals surface area (Å²) in [5.74, 6) is -1.81. The maximum Gasteiger partial charge on any atom is 0.338 e. The van der Waals surface area contributed by atoms with Crippen molar-refractivity contribution in [3.63, 3.8) is 0 Å². The van der Waals surface area contributed by atoms with Crippen molar-refractivity contribution in [2.45, 2.75) is 38.5 Å². The summed E-state index contributed by atoms with van der Waals surface area (Å²) < 4.78 is 24.9. The van der Waals surface area contributed by atoms with Gasteiger partial charge in [-0.05, 0) is 32.9 Å².